The summed E-state index contributed by atoms with van der Waals surface area (Å²) in [7, 11) is 0. The van der Waals surface area contributed by atoms with Crippen molar-refractivity contribution in [1.82, 2.24) is 0 Å². The highest BCUT2D eigenvalue weighted by molar-refractivity contribution is 7.19. The second-order valence-electron chi connectivity index (χ2n) is 6.15. The molecule has 2 unspecified atom stereocenters. The number of nitrogens with zero attached hydrogens (tertiary/aromatic N) is 1. The van der Waals surface area contributed by atoms with E-state index in [1.54, 1.807) is 0 Å². The SMILES string of the molecule is CCCC1COC(CC(=O)O)c2sc3c(C)cc(F)c(C#N)c3c21. The molecule has 0 amide bonds. The van der Waals surface area contributed by atoms with Gasteiger partial charge < -0.3 is 9.84 Å². The molecule has 4 nitrogen and oxygen atoms in total. The highest BCUT2D eigenvalue weighted by Gasteiger charge is 2.34. The fraction of sp³-hybridized carbons (Fsp3) is 0.444. The summed E-state index contributed by atoms with van der Waals surface area (Å²) in [6.45, 7) is 4.29. The number of ether oxygens (including phenoxy) is 1. The molecule has 6 heteroatoms. The van der Waals surface area contributed by atoms with Gasteiger partial charge in [-0.3, -0.25) is 4.79 Å². The molecule has 1 aromatic carbocycles. The molecule has 126 valence electrons. The Morgan fingerprint density at radius 2 is 2.33 bits per heavy atom. The first-order chi connectivity index (χ1) is 11.5. The number of halogens is 1. The summed E-state index contributed by atoms with van der Waals surface area (Å²) in [5.74, 6) is -1.38. The molecule has 0 bridgehead atoms. The Morgan fingerprint density at radius 1 is 1.58 bits per heavy atom. The van der Waals surface area contributed by atoms with Crippen LogP contribution in [-0.4, -0.2) is 17.7 Å². The number of aryl methyl sites for hydroxylation is 1. The minimum Gasteiger partial charge on any atom is -0.481 e. The number of carbonyl (C=O) groups is 1. The van der Waals surface area contributed by atoms with Crippen LogP contribution in [-0.2, 0) is 9.53 Å². The van der Waals surface area contributed by atoms with Crippen molar-refractivity contribution in [3.63, 3.8) is 0 Å². The molecule has 1 N–H and O–H groups in total. The van der Waals surface area contributed by atoms with E-state index in [-0.39, 0.29) is 17.9 Å². The summed E-state index contributed by atoms with van der Waals surface area (Å²) < 4.78 is 21.0. The summed E-state index contributed by atoms with van der Waals surface area (Å²) in [5, 5.41) is 19.3. The molecule has 2 atom stereocenters. The summed E-state index contributed by atoms with van der Waals surface area (Å²) >= 11 is 1.44. The first-order valence-corrected chi connectivity index (χ1v) is 8.78. The Morgan fingerprint density at radius 3 is 2.96 bits per heavy atom. The number of nitriles is 1. The third-order valence-electron chi connectivity index (χ3n) is 4.47. The Labute approximate surface area is 143 Å². The first kappa shape index (κ1) is 16.9. The van der Waals surface area contributed by atoms with Gasteiger partial charge in [0.1, 0.15) is 18.0 Å². The van der Waals surface area contributed by atoms with Crippen molar-refractivity contribution < 1.29 is 19.0 Å². The van der Waals surface area contributed by atoms with Gasteiger partial charge in [-0.2, -0.15) is 5.26 Å². The van der Waals surface area contributed by atoms with Crippen LogP contribution in [0.3, 0.4) is 0 Å². The fourth-order valence-electron chi connectivity index (χ4n) is 3.47. The van der Waals surface area contributed by atoms with Crippen molar-refractivity contribution in [3.8, 4) is 6.07 Å². The maximum absolute atomic E-state index is 14.3. The Kier molecular flexibility index (Phi) is 4.57. The van der Waals surface area contributed by atoms with Crippen LogP contribution < -0.4 is 0 Å². The van der Waals surface area contributed by atoms with Crippen molar-refractivity contribution >= 4 is 27.4 Å². The van der Waals surface area contributed by atoms with E-state index >= 15 is 0 Å². The monoisotopic (exact) mass is 347 g/mol. The standard InChI is InChI=1S/C18H18FNO3S/c1-3-4-10-8-23-13(6-14(21)22)18-15(10)16-11(7-20)12(19)5-9(2)17(16)24-18/h5,10,13H,3-4,6,8H2,1-2H3,(H,21,22). The maximum Gasteiger partial charge on any atom is 0.306 e. The Balaban J connectivity index is 2.31. The summed E-state index contributed by atoms with van der Waals surface area (Å²) in [6.07, 6.45) is 1.14. The Bertz CT molecular complexity index is 852. The zero-order chi connectivity index (χ0) is 17.4. The predicted octanol–water partition coefficient (Wildman–Crippen LogP) is 4.65. The van der Waals surface area contributed by atoms with Crippen LogP contribution in [0.2, 0.25) is 0 Å². The van der Waals surface area contributed by atoms with E-state index in [9.17, 15) is 14.4 Å². The van der Waals surface area contributed by atoms with Crippen molar-refractivity contribution in [2.45, 2.75) is 45.1 Å². The van der Waals surface area contributed by atoms with Gasteiger partial charge in [-0.05, 0) is 30.5 Å². The van der Waals surface area contributed by atoms with Gasteiger partial charge in [-0.25, -0.2) is 4.39 Å². The van der Waals surface area contributed by atoms with Gasteiger partial charge in [0.2, 0.25) is 0 Å². The number of fused-ring (bicyclic) bond motifs is 3. The highest BCUT2D eigenvalue weighted by atomic mass is 32.1. The van der Waals surface area contributed by atoms with Crippen molar-refractivity contribution in [3.05, 3.63) is 33.5 Å². The van der Waals surface area contributed by atoms with Gasteiger partial charge in [0.25, 0.3) is 0 Å². The lowest BCUT2D eigenvalue weighted by molar-refractivity contribution is -0.140. The molecule has 3 rings (SSSR count). The largest absolute Gasteiger partial charge is 0.481 e. The van der Waals surface area contributed by atoms with Crippen LogP contribution in [0.15, 0.2) is 6.07 Å². The molecule has 0 saturated heterocycles. The van der Waals surface area contributed by atoms with Gasteiger partial charge in [-0.15, -0.1) is 11.3 Å². The van der Waals surface area contributed by atoms with Gasteiger partial charge in [-0.1, -0.05) is 13.3 Å². The quantitative estimate of drug-likeness (QED) is 0.874. The number of carboxylic acids is 1. The van der Waals surface area contributed by atoms with Crippen molar-refractivity contribution in [2.75, 3.05) is 6.61 Å². The predicted molar refractivity (Wildman–Crippen MR) is 89.8 cm³/mol. The summed E-state index contributed by atoms with van der Waals surface area (Å²) in [6, 6.07) is 3.37. The van der Waals surface area contributed by atoms with E-state index in [1.807, 2.05) is 13.0 Å². The lowest BCUT2D eigenvalue weighted by Crippen LogP contribution is -2.21. The molecule has 0 spiro atoms. The number of rotatable bonds is 4. The van der Waals surface area contributed by atoms with Crippen molar-refractivity contribution in [2.24, 2.45) is 0 Å². The number of aliphatic carboxylic acids is 1. The minimum absolute atomic E-state index is 0.0604. The lowest BCUT2D eigenvalue weighted by Gasteiger charge is -2.29. The van der Waals surface area contributed by atoms with Crippen LogP contribution in [0.5, 0.6) is 0 Å². The molecular formula is C18H18FNO3S. The van der Waals surface area contributed by atoms with Crippen molar-refractivity contribution in [1.29, 1.82) is 5.26 Å². The number of carboxylic acid groups (broad SMARTS) is 1. The van der Waals surface area contributed by atoms with E-state index in [0.29, 0.717) is 12.0 Å². The lowest BCUT2D eigenvalue weighted by atomic mass is 9.87. The zero-order valence-corrected chi connectivity index (χ0v) is 14.4. The van der Waals surface area contributed by atoms with E-state index in [1.165, 1.54) is 17.4 Å². The molecule has 0 aliphatic carbocycles. The molecule has 0 radical (unpaired) electrons. The van der Waals surface area contributed by atoms with Gasteiger partial charge in [0.15, 0.2) is 0 Å². The average Bonchev–Trinajstić information content (AvgIpc) is 2.91. The minimum atomic E-state index is -0.930. The van der Waals surface area contributed by atoms with Crippen LogP contribution in [0.25, 0.3) is 10.1 Å². The topological polar surface area (TPSA) is 70.3 Å². The number of hydrogen-bond acceptors (Lipinski definition) is 4. The smallest absolute Gasteiger partial charge is 0.306 e. The van der Waals surface area contributed by atoms with Gasteiger partial charge >= 0.3 is 5.97 Å². The Hall–Kier alpha value is -1.97. The third kappa shape index (κ3) is 2.68. The molecule has 0 saturated carbocycles. The molecule has 1 aromatic heterocycles. The number of hydrogen-bond donors (Lipinski definition) is 1. The van der Waals surface area contributed by atoms with Gasteiger partial charge in [0.05, 0.1) is 18.6 Å². The summed E-state index contributed by atoms with van der Waals surface area (Å²) in [5.41, 5.74) is 1.75. The molecule has 1 aliphatic rings. The zero-order valence-electron chi connectivity index (χ0n) is 13.6. The fourth-order valence-corrected chi connectivity index (χ4v) is 4.88. The maximum atomic E-state index is 14.3. The highest BCUT2D eigenvalue weighted by Crippen LogP contribution is 2.48. The van der Waals surface area contributed by atoms with Crippen LogP contribution >= 0.6 is 11.3 Å². The average molecular weight is 347 g/mol. The van der Waals surface area contributed by atoms with E-state index in [2.05, 4.69) is 6.92 Å². The number of benzene rings is 1. The molecule has 0 fully saturated rings. The third-order valence-corrected chi connectivity index (χ3v) is 5.91. The second kappa shape index (κ2) is 6.50. The molecule has 2 heterocycles. The molecule has 1 aliphatic heterocycles. The number of thiophene rings is 1. The molecular weight excluding hydrogens is 329 g/mol. The second-order valence-corrected chi connectivity index (χ2v) is 7.20. The van der Waals surface area contributed by atoms with Gasteiger partial charge in [0, 0.05) is 20.9 Å². The normalized spacial score (nSPS) is 19.9. The van der Waals surface area contributed by atoms with Crippen LogP contribution in [0, 0.1) is 24.1 Å². The van der Waals surface area contributed by atoms with E-state index in [0.717, 1.165) is 33.5 Å². The van der Waals surface area contributed by atoms with E-state index < -0.39 is 17.9 Å². The van der Waals surface area contributed by atoms with Crippen LogP contribution in [0.4, 0.5) is 4.39 Å². The van der Waals surface area contributed by atoms with Crippen LogP contribution in [0.1, 0.15) is 59.8 Å². The first-order valence-electron chi connectivity index (χ1n) is 7.96. The molecule has 24 heavy (non-hydrogen) atoms. The van der Waals surface area contributed by atoms with E-state index in [4.69, 9.17) is 9.84 Å². The molecule has 2 aromatic rings. The summed E-state index contributed by atoms with van der Waals surface area (Å²) in [4.78, 5) is 12.0.